The summed E-state index contributed by atoms with van der Waals surface area (Å²) in [6, 6.07) is 7.33. The lowest BCUT2D eigenvalue weighted by molar-refractivity contribution is -0.146. The van der Waals surface area contributed by atoms with Crippen molar-refractivity contribution in [2.45, 2.75) is 46.0 Å². The van der Waals surface area contributed by atoms with E-state index in [9.17, 15) is 14.4 Å². The topological polar surface area (TPSA) is 101 Å². The molecule has 2 amide bonds. The predicted molar refractivity (Wildman–Crippen MR) is 122 cm³/mol. The van der Waals surface area contributed by atoms with Crippen LogP contribution >= 0.6 is 0 Å². The number of furan rings is 1. The summed E-state index contributed by atoms with van der Waals surface area (Å²) >= 11 is 0. The molecule has 0 radical (unpaired) electrons. The van der Waals surface area contributed by atoms with Crippen molar-refractivity contribution in [1.82, 2.24) is 10.3 Å². The van der Waals surface area contributed by atoms with Crippen LogP contribution in [0.2, 0.25) is 0 Å². The summed E-state index contributed by atoms with van der Waals surface area (Å²) in [7, 11) is 1.39. The summed E-state index contributed by atoms with van der Waals surface area (Å²) < 4.78 is 10.8. The highest BCUT2D eigenvalue weighted by molar-refractivity contribution is 6.07. The van der Waals surface area contributed by atoms with Gasteiger partial charge in [-0.2, -0.15) is 5.10 Å². The Morgan fingerprint density at radius 3 is 2.61 bits per heavy atom. The molecule has 0 unspecified atom stereocenters. The smallest absolute Gasteiger partial charge is 0.308 e. The molecule has 1 aromatic heterocycles. The van der Waals surface area contributed by atoms with Gasteiger partial charge in [-0.15, -0.1) is 0 Å². The standard InChI is InChI=1S/C25H29N3O5/c1-15-6-4-7-18(14-15)23(29)27-26-19-8-5-9-20-21(19)16(2)22(33-20)24(30)28-12-10-17(11-13-28)25(31)32-3/h4,6-7,14,17H,5,8-13H2,1-3H3,(H,27,29)/b26-19+. The van der Waals surface area contributed by atoms with Gasteiger partial charge in [-0.25, -0.2) is 5.43 Å². The minimum absolute atomic E-state index is 0.166. The van der Waals surface area contributed by atoms with Crippen LogP contribution in [0.1, 0.15) is 69.0 Å². The molecule has 1 aliphatic carbocycles. The second-order valence-electron chi connectivity index (χ2n) is 8.67. The number of piperidine rings is 1. The second kappa shape index (κ2) is 9.60. The zero-order valence-corrected chi connectivity index (χ0v) is 19.3. The Labute approximate surface area is 193 Å². The summed E-state index contributed by atoms with van der Waals surface area (Å²) in [5.74, 6) is 0.213. The maximum atomic E-state index is 13.2. The number of hydrogen-bond acceptors (Lipinski definition) is 6. The largest absolute Gasteiger partial charge is 0.469 e. The van der Waals surface area contributed by atoms with Crippen LogP contribution in [-0.2, 0) is 16.0 Å². The van der Waals surface area contributed by atoms with Crippen LogP contribution in [0.4, 0.5) is 0 Å². The molecule has 2 aromatic rings. The molecular formula is C25H29N3O5. The minimum atomic E-state index is -0.274. The van der Waals surface area contributed by atoms with Crippen LogP contribution in [0, 0.1) is 19.8 Å². The van der Waals surface area contributed by atoms with Crippen LogP contribution in [0.5, 0.6) is 0 Å². The monoisotopic (exact) mass is 451 g/mol. The van der Waals surface area contributed by atoms with Crippen molar-refractivity contribution in [2.24, 2.45) is 11.0 Å². The molecule has 0 bridgehead atoms. The number of amides is 2. The van der Waals surface area contributed by atoms with Gasteiger partial charge in [0.05, 0.1) is 18.7 Å². The number of rotatable bonds is 4. The molecule has 33 heavy (non-hydrogen) atoms. The third-order valence-electron chi connectivity index (χ3n) is 6.41. The fourth-order valence-corrected chi connectivity index (χ4v) is 4.58. The van der Waals surface area contributed by atoms with E-state index < -0.39 is 0 Å². The average Bonchev–Trinajstić information content (AvgIpc) is 3.18. The summed E-state index contributed by atoms with van der Waals surface area (Å²) in [5.41, 5.74) is 6.49. The Hall–Kier alpha value is -3.42. The lowest BCUT2D eigenvalue weighted by Crippen LogP contribution is -2.40. The molecule has 1 saturated heterocycles. The highest BCUT2D eigenvalue weighted by Crippen LogP contribution is 2.31. The first-order valence-corrected chi connectivity index (χ1v) is 11.3. The van der Waals surface area contributed by atoms with Crippen molar-refractivity contribution in [3.05, 3.63) is 58.0 Å². The quantitative estimate of drug-likeness (QED) is 0.567. The van der Waals surface area contributed by atoms with Gasteiger partial charge in [-0.3, -0.25) is 14.4 Å². The normalized spacial score (nSPS) is 17.5. The summed E-state index contributed by atoms with van der Waals surface area (Å²) in [6.45, 7) is 4.76. The Kier molecular flexibility index (Phi) is 6.62. The Morgan fingerprint density at radius 2 is 1.91 bits per heavy atom. The zero-order valence-electron chi connectivity index (χ0n) is 19.3. The van der Waals surface area contributed by atoms with Crippen LogP contribution < -0.4 is 5.43 Å². The molecule has 1 aliphatic heterocycles. The van der Waals surface area contributed by atoms with Gasteiger partial charge < -0.3 is 14.1 Å². The molecular weight excluding hydrogens is 422 g/mol. The van der Waals surface area contributed by atoms with E-state index in [2.05, 4.69) is 10.5 Å². The van der Waals surface area contributed by atoms with E-state index in [0.717, 1.165) is 41.0 Å². The van der Waals surface area contributed by atoms with E-state index in [0.29, 0.717) is 43.7 Å². The fraction of sp³-hybridized carbons (Fsp3) is 0.440. The maximum absolute atomic E-state index is 13.2. The number of nitrogens with one attached hydrogen (secondary N) is 1. The number of hydrazone groups is 1. The highest BCUT2D eigenvalue weighted by atomic mass is 16.5. The van der Waals surface area contributed by atoms with Gasteiger partial charge in [0.1, 0.15) is 5.76 Å². The van der Waals surface area contributed by atoms with Crippen LogP contribution in [-0.4, -0.2) is 48.6 Å². The van der Waals surface area contributed by atoms with E-state index >= 15 is 0 Å². The van der Waals surface area contributed by atoms with Gasteiger partial charge in [0.15, 0.2) is 5.76 Å². The SMILES string of the molecule is COC(=O)C1CCN(C(=O)c2oc3c(c2C)/C(=N/NC(=O)c2cccc(C)c2)CCC3)CC1. The Balaban J connectivity index is 1.50. The number of aryl methyl sites for hydroxylation is 2. The molecule has 1 fully saturated rings. The molecule has 0 saturated carbocycles. The van der Waals surface area contributed by atoms with Gasteiger partial charge in [-0.1, -0.05) is 17.7 Å². The number of carbonyl (C=O) groups is 3. The van der Waals surface area contributed by atoms with E-state index in [1.165, 1.54) is 7.11 Å². The number of methoxy groups -OCH3 is 1. The molecule has 4 rings (SSSR count). The molecule has 2 aliphatic rings. The summed E-state index contributed by atoms with van der Waals surface area (Å²) in [6.07, 6.45) is 3.40. The number of benzene rings is 1. The predicted octanol–water partition coefficient (Wildman–Crippen LogP) is 3.39. The van der Waals surface area contributed by atoms with E-state index in [1.807, 2.05) is 32.0 Å². The van der Waals surface area contributed by atoms with E-state index in [1.54, 1.807) is 11.0 Å². The first-order valence-electron chi connectivity index (χ1n) is 11.3. The van der Waals surface area contributed by atoms with Crippen molar-refractivity contribution in [3.8, 4) is 0 Å². The van der Waals surface area contributed by atoms with Crippen molar-refractivity contribution in [1.29, 1.82) is 0 Å². The summed E-state index contributed by atoms with van der Waals surface area (Å²) in [4.78, 5) is 39.2. The molecule has 0 atom stereocenters. The van der Waals surface area contributed by atoms with Crippen molar-refractivity contribution < 1.29 is 23.5 Å². The lowest BCUT2D eigenvalue weighted by atomic mass is 9.93. The van der Waals surface area contributed by atoms with Gasteiger partial charge in [0.25, 0.3) is 11.8 Å². The number of esters is 1. The molecule has 8 nitrogen and oxygen atoms in total. The number of nitrogens with zero attached hydrogens (tertiary/aromatic N) is 2. The summed E-state index contributed by atoms with van der Waals surface area (Å²) in [5, 5.41) is 4.40. The molecule has 0 spiro atoms. The number of likely N-dealkylation sites (tertiary alicyclic amines) is 1. The number of fused-ring (bicyclic) bond motifs is 1. The molecule has 1 aromatic carbocycles. The maximum Gasteiger partial charge on any atom is 0.308 e. The van der Waals surface area contributed by atoms with Crippen LogP contribution in [0.15, 0.2) is 33.8 Å². The third-order valence-corrected chi connectivity index (χ3v) is 6.41. The van der Waals surface area contributed by atoms with Crippen molar-refractivity contribution in [2.75, 3.05) is 20.2 Å². The van der Waals surface area contributed by atoms with Gasteiger partial charge >= 0.3 is 5.97 Å². The first-order chi connectivity index (χ1) is 15.9. The minimum Gasteiger partial charge on any atom is -0.469 e. The fourth-order valence-electron chi connectivity index (χ4n) is 4.58. The number of carbonyl (C=O) groups excluding carboxylic acids is 3. The molecule has 174 valence electrons. The Morgan fingerprint density at radius 1 is 1.15 bits per heavy atom. The molecule has 8 heteroatoms. The molecule has 2 heterocycles. The van der Waals surface area contributed by atoms with Crippen LogP contribution in [0.25, 0.3) is 0 Å². The van der Waals surface area contributed by atoms with Crippen LogP contribution in [0.3, 0.4) is 0 Å². The van der Waals surface area contributed by atoms with Crippen molar-refractivity contribution in [3.63, 3.8) is 0 Å². The van der Waals surface area contributed by atoms with Gasteiger partial charge in [0, 0.05) is 36.2 Å². The second-order valence-corrected chi connectivity index (χ2v) is 8.67. The number of ether oxygens (including phenoxy) is 1. The van der Waals surface area contributed by atoms with E-state index in [4.69, 9.17) is 9.15 Å². The first kappa shape index (κ1) is 22.8. The highest BCUT2D eigenvalue weighted by Gasteiger charge is 2.33. The average molecular weight is 452 g/mol. The van der Waals surface area contributed by atoms with Gasteiger partial charge in [-0.05, 0) is 51.7 Å². The number of hydrogen-bond donors (Lipinski definition) is 1. The molecule has 1 N–H and O–H groups in total. The third kappa shape index (κ3) is 4.69. The Bertz CT molecular complexity index is 1110. The van der Waals surface area contributed by atoms with E-state index in [-0.39, 0.29) is 23.7 Å². The lowest BCUT2D eigenvalue weighted by Gasteiger charge is -2.30. The van der Waals surface area contributed by atoms with Gasteiger partial charge in [0.2, 0.25) is 0 Å². The van der Waals surface area contributed by atoms with Crippen molar-refractivity contribution >= 4 is 23.5 Å². The zero-order chi connectivity index (χ0) is 23.5.